The monoisotopic (exact) mass is 329 g/mol. The van der Waals surface area contributed by atoms with Crippen LogP contribution >= 0.6 is 22.9 Å². The molecule has 0 atom stereocenters. The predicted octanol–water partition coefficient (Wildman–Crippen LogP) is 3.63. The van der Waals surface area contributed by atoms with Crippen LogP contribution in [0.25, 0.3) is 10.1 Å². The number of thiophene rings is 1. The Morgan fingerprint density at radius 3 is 2.76 bits per heavy atom. The Kier molecular flexibility index (Phi) is 4.80. The van der Waals surface area contributed by atoms with Crippen LogP contribution in [0, 0.1) is 5.82 Å². The number of halogens is 2. The van der Waals surface area contributed by atoms with E-state index in [9.17, 15) is 14.0 Å². The van der Waals surface area contributed by atoms with Crippen LogP contribution in [-0.2, 0) is 4.79 Å². The van der Waals surface area contributed by atoms with Crippen molar-refractivity contribution in [3.63, 3.8) is 0 Å². The van der Waals surface area contributed by atoms with Crippen molar-refractivity contribution >= 4 is 44.9 Å². The molecule has 0 unspecified atom stereocenters. The van der Waals surface area contributed by atoms with E-state index in [0.717, 1.165) is 11.3 Å². The molecule has 0 spiro atoms. The summed E-state index contributed by atoms with van der Waals surface area (Å²) in [4.78, 5) is 24.8. The Labute approximate surface area is 129 Å². The number of carboxylic acids is 1. The van der Waals surface area contributed by atoms with Gasteiger partial charge in [0.1, 0.15) is 10.7 Å². The summed E-state index contributed by atoms with van der Waals surface area (Å²) in [5.74, 6) is -1.69. The van der Waals surface area contributed by atoms with Crippen molar-refractivity contribution in [2.45, 2.75) is 13.3 Å². The van der Waals surface area contributed by atoms with Gasteiger partial charge in [0, 0.05) is 23.2 Å². The zero-order valence-electron chi connectivity index (χ0n) is 11.2. The first-order valence-corrected chi connectivity index (χ1v) is 7.52. The number of amides is 1. The number of fused-ring (bicyclic) bond motifs is 1. The maximum atomic E-state index is 13.2. The summed E-state index contributed by atoms with van der Waals surface area (Å²) in [6.07, 6.45) is -0.128. The molecular formula is C14H13ClFNO3S. The lowest BCUT2D eigenvalue weighted by molar-refractivity contribution is -0.137. The fourth-order valence-corrected chi connectivity index (χ4v) is 3.46. The van der Waals surface area contributed by atoms with Crippen LogP contribution in [0.15, 0.2) is 18.2 Å². The Balaban J connectivity index is 2.33. The van der Waals surface area contributed by atoms with Gasteiger partial charge in [-0.1, -0.05) is 11.6 Å². The Bertz CT molecular complexity index is 701. The summed E-state index contributed by atoms with van der Waals surface area (Å²) >= 11 is 7.31. The van der Waals surface area contributed by atoms with Crippen molar-refractivity contribution in [2.75, 3.05) is 13.1 Å². The van der Waals surface area contributed by atoms with E-state index in [1.54, 1.807) is 6.92 Å². The lowest BCUT2D eigenvalue weighted by Gasteiger charge is -2.19. The standard InChI is InChI=1S/C14H13ClFNO3S/c1-2-17(6-5-11(18)19)14(20)13-12(15)9-4-3-8(16)7-10(9)21-13/h3-4,7H,2,5-6H2,1H3,(H,18,19). The predicted molar refractivity (Wildman–Crippen MR) is 80.6 cm³/mol. The first-order valence-electron chi connectivity index (χ1n) is 6.32. The quantitative estimate of drug-likeness (QED) is 0.911. The zero-order valence-corrected chi connectivity index (χ0v) is 12.8. The number of benzene rings is 1. The second kappa shape index (κ2) is 6.41. The number of carbonyl (C=O) groups is 2. The average Bonchev–Trinajstić information content (AvgIpc) is 2.75. The fourth-order valence-electron chi connectivity index (χ4n) is 1.95. The topological polar surface area (TPSA) is 57.6 Å². The summed E-state index contributed by atoms with van der Waals surface area (Å²) in [5.41, 5.74) is 0. The van der Waals surface area contributed by atoms with Gasteiger partial charge in [-0.15, -0.1) is 11.3 Å². The van der Waals surface area contributed by atoms with Gasteiger partial charge in [-0.25, -0.2) is 4.39 Å². The van der Waals surface area contributed by atoms with Crippen molar-refractivity contribution in [2.24, 2.45) is 0 Å². The Morgan fingerprint density at radius 2 is 2.14 bits per heavy atom. The van der Waals surface area contributed by atoms with Gasteiger partial charge in [0.15, 0.2) is 0 Å². The molecule has 1 heterocycles. The van der Waals surface area contributed by atoms with Crippen LogP contribution in [0.3, 0.4) is 0 Å². The molecule has 7 heteroatoms. The Morgan fingerprint density at radius 1 is 1.43 bits per heavy atom. The highest BCUT2D eigenvalue weighted by Crippen LogP contribution is 2.36. The minimum absolute atomic E-state index is 0.115. The van der Waals surface area contributed by atoms with Crippen LogP contribution in [-0.4, -0.2) is 35.0 Å². The number of hydrogen-bond acceptors (Lipinski definition) is 3. The van der Waals surface area contributed by atoms with Gasteiger partial charge in [-0.3, -0.25) is 9.59 Å². The van der Waals surface area contributed by atoms with Gasteiger partial charge in [0.25, 0.3) is 5.91 Å². The van der Waals surface area contributed by atoms with Crippen molar-refractivity contribution in [1.29, 1.82) is 0 Å². The summed E-state index contributed by atoms with van der Waals surface area (Å²) in [7, 11) is 0. The molecule has 0 saturated carbocycles. The van der Waals surface area contributed by atoms with E-state index in [4.69, 9.17) is 16.7 Å². The third kappa shape index (κ3) is 3.33. The van der Waals surface area contributed by atoms with Crippen molar-refractivity contribution < 1.29 is 19.1 Å². The molecule has 0 radical (unpaired) electrons. The van der Waals surface area contributed by atoms with Gasteiger partial charge in [-0.2, -0.15) is 0 Å². The number of rotatable bonds is 5. The van der Waals surface area contributed by atoms with Crippen molar-refractivity contribution in [1.82, 2.24) is 4.90 Å². The lowest BCUT2D eigenvalue weighted by atomic mass is 10.2. The number of carbonyl (C=O) groups excluding carboxylic acids is 1. The minimum atomic E-state index is -0.967. The highest BCUT2D eigenvalue weighted by Gasteiger charge is 2.22. The maximum absolute atomic E-state index is 13.2. The van der Waals surface area contributed by atoms with Gasteiger partial charge in [-0.05, 0) is 25.1 Å². The summed E-state index contributed by atoms with van der Waals surface area (Å²) in [6.45, 7) is 2.26. The molecule has 1 aromatic carbocycles. The zero-order chi connectivity index (χ0) is 15.6. The molecule has 2 rings (SSSR count). The minimum Gasteiger partial charge on any atom is -0.481 e. The second-order valence-electron chi connectivity index (χ2n) is 4.41. The molecule has 0 bridgehead atoms. The third-order valence-corrected chi connectivity index (χ3v) is 4.70. The van der Waals surface area contributed by atoms with Crippen LogP contribution in [0.4, 0.5) is 4.39 Å². The SMILES string of the molecule is CCN(CCC(=O)O)C(=O)c1sc2cc(F)ccc2c1Cl. The maximum Gasteiger partial charge on any atom is 0.305 e. The summed E-state index contributed by atoms with van der Waals surface area (Å²) in [6, 6.07) is 4.15. The number of aliphatic carboxylic acids is 1. The third-order valence-electron chi connectivity index (χ3n) is 3.05. The van der Waals surface area contributed by atoms with E-state index >= 15 is 0 Å². The van der Waals surface area contributed by atoms with E-state index in [1.165, 1.54) is 23.1 Å². The highest BCUT2D eigenvalue weighted by atomic mass is 35.5. The molecule has 0 aliphatic rings. The first kappa shape index (κ1) is 15.7. The lowest BCUT2D eigenvalue weighted by Crippen LogP contribution is -2.32. The summed E-state index contributed by atoms with van der Waals surface area (Å²) < 4.78 is 13.8. The van der Waals surface area contributed by atoms with E-state index in [1.807, 2.05) is 0 Å². The fraction of sp³-hybridized carbons (Fsp3) is 0.286. The van der Waals surface area contributed by atoms with E-state index in [2.05, 4.69) is 0 Å². The number of hydrogen-bond donors (Lipinski definition) is 1. The molecule has 0 saturated heterocycles. The van der Waals surface area contributed by atoms with Crippen LogP contribution in [0.1, 0.15) is 23.0 Å². The van der Waals surface area contributed by atoms with E-state index in [-0.39, 0.29) is 23.9 Å². The molecule has 0 fully saturated rings. The van der Waals surface area contributed by atoms with Crippen molar-refractivity contribution in [3.05, 3.63) is 33.9 Å². The first-order chi connectivity index (χ1) is 9.93. The van der Waals surface area contributed by atoms with Crippen LogP contribution in [0.2, 0.25) is 5.02 Å². The molecule has 112 valence electrons. The molecule has 1 aromatic heterocycles. The molecule has 0 aliphatic heterocycles. The molecule has 21 heavy (non-hydrogen) atoms. The molecule has 2 aromatic rings. The molecule has 0 aliphatic carbocycles. The Hall–Kier alpha value is -1.66. The van der Waals surface area contributed by atoms with Crippen LogP contribution in [0.5, 0.6) is 0 Å². The van der Waals surface area contributed by atoms with E-state index in [0.29, 0.717) is 21.5 Å². The second-order valence-corrected chi connectivity index (χ2v) is 5.84. The molecule has 1 amide bonds. The van der Waals surface area contributed by atoms with E-state index < -0.39 is 11.8 Å². The molecule has 4 nitrogen and oxygen atoms in total. The van der Waals surface area contributed by atoms with Gasteiger partial charge in [0.05, 0.1) is 11.4 Å². The van der Waals surface area contributed by atoms with Crippen LogP contribution < -0.4 is 0 Å². The van der Waals surface area contributed by atoms with Crippen molar-refractivity contribution in [3.8, 4) is 0 Å². The van der Waals surface area contributed by atoms with Gasteiger partial charge < -0.3 is 10.0 Å². The van der Waals surface area contributed by atoms with Gasteiger partial charge >= 0.3 is 5.97 Å². The largest absolute Gasteiger partial charge is 0.481 e. The smallest absolute Gasteiger partial charge is 0.305 e. The highest BCUT2D eigenvalue weighted by molar-refractivity contribution is 7.21. The normalized spacial score (nSPS) is 10.8. The molecule has 1 N–H and O–H groups in total. The molecular weight excluding hydrogens is 317 g/mol. The van der Waals surface area contributed by atoms with Gasteiger partial charge in [0.2, 0.25) is 0 Å². The summed E-state index contributed by atoms with van der Waals surface area (Å²) in [5, 5.41) is 9.62. The number of nitrogens with zero attached hydrogens (tertiary/aromatic N) is 1. The number of carboxylic acid groups (broad SMARTS) is 1. The average molecular weight is 330 g/mol.